The maximum Gasteiger partial charge on any atom is 0.191 e. The van der Waals surface area contributed by atoms with E-state index >= 15 is 0 Å². The third-order valence-electron chi connectivity index (χ3n) is 4.47. The fourth-order valence-electron chi connectivity index (χ4n) is 2.83. The molecule has 0 radical (unpaired) electrons. The second kappa shape index (κ2) is 13.7. The Morgan fingerprint density at radius 2 is 2.00 bits per heavy atom. The van der Waals surface area contributed by atoms with E-state index in [0.717, 1.165) is 53.9 Å². The summed E-state index contributed by atoms with van der Waals surface area (Å²) in [6, 6.07) is 8.13. The van der Waals surface area contributed by atoms with Gasteiger partial charge < -0.3 is 19.9 Å². The molecule has 1 unspecified atom stereocenters. The Morgan fingerprint density at radius 1 is 1.24 bits per heavy atom. The van der Waals surface area contributed by atoms with Gasteiger partial charge in [0, 0.05) is 42.8 Å². The highest BCUT2D eigenvalue weighted by molar-refractivity contribution is 14.0. The highest BCUT2D eigenvalue weighted by Gasteiger charge is 2.14. The number of rotatable bonds is 10. The van der Waals surface area contributed by atoms with E-state index in [1.165, 1.54) is 4.90 Å². The first-order valence-electron chi connectivity index (χ1n) is 9.79. The predicted molar refractivity (Wildman–Crippen MR) is 132 cm³/mol. The lowest BCUT2D eigenvalue weighted by molar-refractivity contribution is 0.380. The van der Waals surface area contributed by atoms with E-state index in [1.54, 1.807) is 14.2 Å². The van der Waals surface area contributed by atoms with Crippen LogP contribution in [-0.2, 0) is 19.4 Å². The molecule has 0 aliphatic rings. The van der Waals surface area contributed by atoms with Gasteiger partial charge in [-0.3, -0.25) is 4.99 Å². The maximum absolute atomic E-state index is 5.43. The minimum Gasteiger partial charge on any atom is -0.496 e. The van der Waals surface area contributed by atoms with Crippen LogP contribution in [0.3, 0.4) is 0 Å². The molecule has 0 amide bonds. The molecule has 0 fully saturated rings. The lowest BCUT2D eigenvalue weighted by Crippen LogP contribution is -2.39. The van der Waals surface area contributed by atoms with E-state index in [-0.39, 0.29) is 24.0 Å². The zero-order valence-corrected chi connectivity index (χ0v) is 21.1. The van der Waals surface area contributed by atoms with Crippen molar-refractivity contribution in [3.05, 3.63) is 41.3 Å². The number of thioether (sulfide) groups is 1. The Labute approximate surface area is 195 Å². The first kappa shape index (κ1) is 25.6. The maximum atomic E-state index is 5.43. The molecule has 1 atom stereocenters. The molecule has 1 aromatic heterocycles. The Bertz CT molecular complexity index is 745. The van der Waals surface area contributed by atoms with Crippen LogP contribution in [0.1, 0.15) is 37.8 Å². The summed E-state index contributed by atoms with van der Waals surface area (Å²) in [7, 11) is 3.50. The van der Waals surface area contributed by atoms with Gasteiger partial charge in [-0.05, 0) is 24.5 Å². The molecule has 29 heavy (non-hydrogen) atoms. The van der Waals surface area contributed by atoms with E-state index in [0.29, 0.717) is 12.5 Å². The zero-order chi connectivity index (χ0) is 20.4. The number of aromatic nitrogens is 1. The molecular formula is C21H33IN4O2S. The second-order valence-electron chi connectivity index (χ2n) is 6.61. The molecule has 2 aromatic rings. The Balaban J connectivity index is 0.00000420. The summed E-state index contributed by atoms with van der Waals surface area (Å²) in [6.45, 7) is 7.91. The first-order valence-corrected chi connectivity index (χ1v) is 10.8. The number of nitrogens with zero attached hydrogens (tertiary/aromatic N) is 2. The van der Waals surface area contributed by atoms with Gasteiger partial charge in [0.25, 0.3) is 0 Å². The van der Waals surface area contributed by atoms with Crippen LogP contribution in [0, 0.1) is 5.92 Å². The number of methoxy groups -OCH3 is 1. The van der Waals surface area contributed by atoms with Gasteiger partial charge in [-0.15, -0.1) is 35.7 Å². The highest BCUT2D eigenvalue weighted by atomic mass is 127. The number of aliphatic imine (C=N–C) groups is 1. The quantitative estimate of drug-likeness (QED) is 0.203. The van der Waals surface area contributed by atoms with Crippen LogP contribution < -0.4 is 15.4 Å². The average Bonchev–Trinajstić information content (AvgIpc) is 3.14. The smallest absolute Gasteiger partial charge is 0.191 e. The van der Waals surface area contributed by atoms with Gasteiger partial charge in [0.1, 0.15) is 11.5 Å². The Kier molecular flexibility index (Phi) is 12.1. The molecule has 0 saturated carbocycles. The lowest BCUT2D eigenvalue weighted by Gasteiger charge is -2.16. The van der Waals surface area contributed by atoms with Crippen LogP contribution in [0.2, 0.25) is 0 Å². The molecular weight excluding hydrogens is 499 g/mol. The Hall–Kier alpha value is -1.42. The number of guanidine groups is 1. The second-order valence-corrected chi connectivity index (χ2v) is 7.67. The summed E-state index contributed by atoms with van der Waals surface area (Å²) >= 11 is 1.81. The van der Waals surface area contributed by atoms with Crippen molar-refractivity contribution in [2.24, 2.45) is 10.9 Å². The van der Waals surface area contributed by atoms with Gasteiger partial charge in [0.15, 0.2) is 5.96 Å². The van der Waals surface area contributed by atoms with Crippen LogP contribution in [0.4, 0.5) is 0 Å². The molecule has 1 aromatic carbocycles. The SMILES string of the molecule is CCc1noc(CC)c1CNC(=NC)NCC(C)CSc1ccccc1OC.I. The predicted octanol–water partition coefficient (Wildman–Crippen LogP) is 4.52. The van der Waals surface area contributed by atoms with Crippen molar-refractivity contribution in [3.8, 4) is 5.75 Å². The highest BCUT2D eigenvalue weighted by Crippen LogP contribution is 2.29. The van der Waals surface area contributed by atoms with Crippen molar-refractivity contribution in [3.63, 3.8) is 0 Å². The van der Waals surface area contributed by atoms with Crippen molar-refractivity contribution in [1.29, 1.82) is 0 Å². The molecule has 162 valence electrons. The summed E-state index contributed by atoms with van der Waals surface area (Å²) in [6.07, 6.45) is 1.71. The van der Waals surface area contributed by atoms with E-state index < -0.39 is 0 Å². The van der Waals surface area contributed by atoms with Crippen molar-refractivity contribution in [2.45, 2.75) is 45.1 Å². The van der Waals surface area contributed by atoms with E-state index in [4.69, 9.17) is 9.26 Å². The standard InChI is InChI=1S/C21H32N4O2S.HI/c1-6-17-16(18(7-2)27-25-17)13-24-21(22-4)23-12-15(3)14-28-20-11-9-8-10-19(20)26-5;/h8-11,15H,6-7,12-14H2,1-5H3,(H2,22,23,24);1H. The third-order valence-corrected chi connectivity index (χ3v) is 5.86. The number of aryl methyl sites for hydroxylation is 2. The normalized spacial score (nSPS) is 12.2. The molecule has 0 saturated heterocycles. The van der Waals surface area contributed by atoms with E-state index in [2.05, 4.69) is 47.6 Å². The van der Waals surface area contributed by atoms with Crippen molar-refractivity contribution in [2.75, 3.05) is 26.5 Å². The average molecular weight is 532 g/mol. The number of ether oxygens (including phenoxy) is 1. The molecule has 0 bridgehead atoms. The number of hydrogen-bond acceptors (Lipinski definition) is 5. The molecule has 0 aliphatic carbocycles. The lowest BCUT2D eigenvalue weighted by atomic mass is 10.1. The number of halogens is 1. The van der Waals surface area contributed by atoms with E-state index in [9.17, 15) is 0 Å². The fourth-order valence-corrected chi connectivity index (χ4v) is 3.88. The van der Waals surface area contributed by atoms with Crippen LogP contribution in [0.15, 0.2) is 38.7 Å². The molecule has 0 spiro atoms. The molecule has 2 rings (SSSR count). The van der Waals surface area contributed by atoms with Crippen molar-refractivity contribution >= 4 is 41.7 Å². The number of benzene rings is 1. The van der Waals surface area contributed by atoms with Crippen LogP contribution >= 0.6 is 35.7 Å². The van der Waals surface area contributed by atoms with Crippen molar-refractivity contribution in [1.82, 2.24) is 15.8 Å². The van der Waals surface area contributed by atoms with Gasteiger partial charge in [-0.1, -0.05) is 38.1 Å². The zero-order valence-electron chi connectivity index (χ0n) is 17.9. The van der Waals surface area contributed by atoms with Gasteiger partial charge in [0.05, 0.1) is 12.8 Å². The van der Waals surface area contributed by atoms with Gasteiger partial charge in [-0.25, -0.2) is 0 Å². The van der Waals surface area contributed by atoms with Gasteiger partial charge in [-0.2, -0.15) is 0 Å². The van der Waals surface area contributed by atoms with Gasteiger partial charge in [0.2, 0.25) is 0 Å². The molecule has 0 aliphatic heterocycles. The number of nitrogens with one attached hydrogen (secondary N) is 2. The number of hydrogen-bond donors (Lipinski definition) is 2. The fraction of sp³-hybridized carbons (Fsp3) is 0.524. The monoisotopic (exact) mass is 532 g/mol. The van der Waals surface area contributed by atoms with Crippen LogP contribution in [-0.4, -0.2) is 37.6 Å². The Morgan fingerprint density at radius 3 is 2.66 bits per heavy atom. The van der Waals surface area contributed by atoms with E-state index in [1.807, 2.05) is 30.0 Å². The summed E-state index contributed by atoms with van der Waals surface area (Å²) < 4.78 is 10.8. The summed E-state index contributed by atoms with van der Waals surface area (Å²) in [5, 5.41) is 11.0. The van der Waals surface area contributed by atoms with Crippen LogP contribution in [0.25, 0.3) is 0 Å². The minimum atomic E-state index is 0. The van der Waals surface area contributed by atoms with Gasteiger partial charge >= 0.3 is 0 Å². The number of para-hydroxylation sites is 1. The van der Waals surface area contributed by atoms with Crippen molar-refractivity contribution < 1.29 is 9.26 Å². The minimum absolute atomic E-state index is 0. The summed E-state index contributed by atoms with van der Waals surface area (Å²) in [4.78, 5) is 5.50. The van der Waals surface area contributed by atoms with Crippen LogP contribution in [0.5, 0.6) is 5.75 Å². The first-order chi connectivity index (χ1) is 13.6. The molecule has 6 nitrogen and oxygen atoms in total. The largest absolute Gasteiger partial charge is 0.496 e. The third kappa shape index (κ3) is 7.73. The molecule has 8 heteroatoms. The topological polar surface area (TPSA) is 71.7 Å². The molecule has 2 N–H and O–H groups in total. The summed E-state index contributed by atoms with van der Waals surface area (Å²) in [5.74, 6) is 4.13. The molecule has 1 heterocycles. The summed E-state index contributed by atoms with van der Waals surface area (Å²) in [5.41, 5.74) is 2.16.